The number of hydrogen-bond donors (Lipinski definition) is 1. The first kappa shape index (κ1) is 15.3. The Hall–Kier alpha value is -1.10. The maximum atomic E-state index is 10.2. The Kier molecular flexibility index (Phi) is 5.02. The summed E-state index contributed by atoms with van der Waals surface area (Å²) < 4.78 is 11.3. The van der Waals surface area contributed by atoms with Gasteiger partial charge >= 0.3 is 0 Å². The molecule has 4 nitrogen and oxygen atoms in total. The first-order chi connectivity index (χ1) is 9.48. The van der Waals surface area contributed by atoms with E-state index in [-0.39, 0.29) is 6.10 Å². The van der Waals surface area contributed by atoms with E-state index < -0.39 is 5.60 Å². The Morgan fingerprint density at radius 1 is 1.55 bits per heavy atom. The highest BCUT2D eigenvalue weighted by Gasteiger charge is 2.25. The summed E-state index contributed by atoms with van der Waals surface area (Å²) in [6.45, 7) is 10.3. The van der Waals surface area contributed by atoms with Crippen molar-refractivity contribution in [2.75, 3.05) is 19.7 Å². The summed E-state index contributed by atoms with van der Waals surface area (Å²) in [5.41, 5.74) is -0.903. The third-order valence-electron chi connectivity index (χ3n) is 3.64. The molecule has 2 heterocycles. The van der Waals surface area contributed by atoms with Crippen LogP contribution >= 0.6 is 0 Å². The highest BCUT2D eigenvalue weighted by molar-refractivity contribution is 5.06. The Morgan fingerprint density at radius 3 is 2.90 bits per heavy atom. The molecule has 4 heteroatoms. The van der Waals surface area contributed by atoms with Gasteiger partial charge < -0.3 is 14.3 Å². The molecule has 2 atom stereocenters. The van der Waals surface area contributed by atoms with Gasteiger partial charge in [0.1, 0.15) is 11.5 Å². The van der Waals surface area contributed by atoms with Gasteiger partial charge in [0.25, 0.3) is 0 Å². The zero-order chi connectivity index (χ0) is 14.6. The number of aryl methyl sites for hydroxylation is 1. The number of rotatable bonds is 7. The Morgan fingerprint density at radius 2 is 2.35 bits per heavy atom. The predicted octanol–water partition coefficient (Wildman–Crippen LogP) is 2.51. The van der Waals surface area contributed by atoms with Gasteiger partial charge in [-0.05, 0) is 38.8 Å². The predicted molar refractivity (Wildman–Crippen MR) is 78.5 cm³/mol. The van der Waals surface area contributed by atoms with Gasteiger partial charge in [0.2, 0.25) is 0 Å². The van der Waals surface area contributed by atoms with E-state index in [4.69, 9.17) is 9.15 Å². The van der Waals surface area contributed by atoms with Crippen molar-refractivity contribution in [3.8, 4) is 0 Å². The van der Waals surface area contributed by atoms with E-state index in [1.807, 2.05) is 19.1 Å². The summed E-state index contributed by atoms with van der Waals surface area (Å²) in [5.74, 6) is 1.83. The molecule has 0 saturated carbocycles. The fraction of sp³-hybridized carbons (Fsp3) is 0.625. The van der Waals surface area contributed by atoms with Crippen LogP contribution in [0.1, 0.15) is 31.3 Å². The van der Waals surface area contributed by atoms with Crippen molar-refractivity contribution in [1.82, 2.24) is 4.90 Å². The lowest BCUT2D eigenvalue weighted by atomic mass is 10.1. The molecule has 20 heavy (non-hydrogen) atoms. The van der Waals surface area contributed by atoms with Gasteiger partial charge in [-0.1, -0.05) is 6.08 Å². The number of aliphatic hydroxyl groups is 1. The van der Waals surface area contributed by atoms with Gasteiger partial charge in [-0.25, -0.2) is 0 Å². The van der Waals surface area contributed by atoms with Gasteiger partial charge in [0, 0.05) is 19.7 Å². The molecule has 1 saturated heterocycles. The SMILES string of the molecule is C=CC(C)(O)CN(Cc1ccc(C)o1)CC1CCCO1. The Bertz CT molecular complexity index is 433. The van der Waals surface area contributed by atoms with Crippen LogP contribution in [0.4, 0.5) is 0 Å². The van der Waals surface area contributed by atoms with Crippen LogP contribution in [-0.2, 0) is 11.3 Å². The van der Waals surface area contributed by atoms with E-state index in [1.54, 1.807) is 13.0 Å². The fourth-order valence-electron chi connectivity index (χ4n) is 2.57. The molecule has 1 fully saturated rings. The van der Waals surface area contributed by atoms with Crippen molar-refractivity contribution in [3.05, 3.63) is 36.3 Å². The molecule has 1 aromatic heterocycles. The van der Waals surface area contributed by atoms with E-state index >= 15 is 0 Å². The lowest BCUT2D eigenvalue weighted by Gasteiger charge is -2.30. The molecule has 1 aliphatic heterocycles. The lowest BCUT2D eigenvalue weighted by Crippen LogP contribution is -2.42. The zero-order valence-electron chi connectivity index (χ0n) is 12.5. The molecule has 1 N–H and O–H groups in total. The highest BCUT2D eigenvalue weighted by atomic mass is 16.5. The quantitative estimate of drug-likeness (QED) is 0.779. The number of ether oxygens (including phenoxy) is 1. The summed E-state index contributed by atoms with van der Waals surface area (Å²) in [4.78, 5) is 2.18. The third-order valence-corrected chi connectivity index (χ3v) is 3.64. The van der Waals surface area contributed by atoms with E-state index in [9.17, 15) is 5.11 Å². The molecule has 0 bridgehead atoms. The topological polar surface area (TPSA) is 45.8 Å². The highest BCUT2D eigenvalue weighted by Crippen LogP contribution is 2.18. The summed E-state index contributed by atoms with van der Waals surface area (Å²) in [6.07, 6.45) is 4.05. The number of furan rings is 1. The standard InChI is InChI=1S/C16H25NO3/c1-4-16(3,18)12-17(10-14-6-5-9-19-14)11-15-8-7-13(2)20-15/h4,7-8,14,18H,1,5-6,9-12H2,2-3H3. The molecule has 2 rings (SSSR count). The van der Waals surface area contributed by atoms with Crippen molar-refractivity contribution in [2.24, 2.45) is 0 Å². The number of hydrogen-bond acceptors (Lipinski definition) is 4. The zero-order valence-corrected chi connectivity index (χ0v) is 12.5. The summed E-state index contributed by atoms with van der Waals surface area (Å²) in [7, 11) is 0. The fourth-order valence-corrected chi connectivity index (χ4v) is 2.57. The van der Waals surface area contributed by atoms with Crippen LogP contribution < -0.4 is 0 Å². The van der Waals surface area contributed by atoms with Gasteiger partial charge in [0.15, 0.2) is 0 Å². The van der Waals surface area contributed by atoms with Crippen molar-refractivity contribution >= 4 is 0 Å². The van der Waals surface area contributed by atoms with Crippen molar-refractivity contribution in [3.63, 3.8) is 0 Å². The largest absolute Gasteiger partial charge is 0.465 e. The van der Waals surface area contributed by atoms with Crippen molar-refractivity contribution in [2.45, 2.75) is 44.9 Å². The maximum Gasteiger partial charge on any atom is 0.118 e. The molecule has 0 amide bonds. The Balaban J connectivity index is 2.00. The van der Waals surface area contributed by atoms with E-state index in [0.29, 0.717) is 13.1 Å². The van der Waals surface area contributed by atoms with Gasteiger partial charge in [-0.15, -0.1) is 6.58 Å². The minimum Gasteiger partial charge on any atom is -0.465 e. The molecule has 2 unspecified atom stereocenters. The number of nitrogens with zero attached hydrogens (tertiary/aromatic N) is 1. The molecular weight excluding hydrogens is 254 g/mol. The summed E-state index contributed by atoms with van der Waals surface area (Å²) in [6, 6.07) is 3.95. The molecular formula is C16H25NO3. The van der Waals surface area contributed by atoms with Gasteiger partial charge in [0.05, 0.1) is 18.2 Å². The van der Waals surface area contributed by atoms with Crippen LogP contribution in [-0.4, -0.2) is 41.4 Å². The van der Waals surface area contributed by atoms with E-state index in [1.165, 1.54) is 0 Å². The smallest absolute Gasteiger partial charge is 0.118 e. The van der Waals surface area contributed by atoms with Crippen LogP contribution in [0.15, 0.2) is 29.2 Å². The van der Waals surface area contributed by atoms with Gasteiger partial charge in [-0.2, -0.15) is 0 Å². The average Bonchev–Trinajstić information content (AvgIpc) is 3.01. The van der Waals surface area contributed by atoms with Crippen molar-refractivity contribution < 1.29 is 14.3 Å². The Labute approximate surface area is 121 Å². The second-order valence-corrected chi connectivity index (χ2v) is 5.88. The first-order valence-corrected chi connectivity index (χ1v) is 7.24. The minimum absolute atomic E-state index is 0.256. The maximum absolute atomic E-state index is 10.2. The third kappa shape index (κ3) is 4.47. The molecule has 0 spiro atoms. The lowest BCUT2D eigenvalue weighted by molar-refractivity contribution is 0.0218. The average molecular weight is 279 g/mol. The van der Waals surface area contributed by atoms with Crippen LogP contribution in [0, 0.1) is 6.92 Å². The van der Waals surface area contributed by atoms with E-state index in [0.717, 1.165) is 37.5 Å². The molecule has 1 aliphatic rings. The monoisotopic (exact) mass is 279 g/mol. The van der Waals surface area contributed by atoms with Crippen LogP contribution in [0.2, 0.25) is 0 Å². The van der Waals surface area contributed by atoms with Crippen LogP contribution in [0.25, 0.3) is 0 Å². The summed E-state index contributed by atoms with van der Waals surface area (Å²) >= 11 is 0. The molecule has 0 radical (unpaired) electrons. The van der Waals surface area contributed by atoms with Crippen molar-refractivity contribution in [1.29, 1.82) is 0 Å². The molecule has 0 aliphatic carbocycles. The second-order valence-electron chi connectivity index (χ2n) is 5.88. The molecule has 112 valence electrons. The minimum atomic E-state index is -0.903. The summed E-state index contributed by atoms with van der Waals surface area (Å²) in [5, 5.41) is 10.2. The normalized spacial score (nSPS) is 22.1. The van der Waals surface area contributed by atoms with E-state index in [2.05, 4.69) is 11.5 Å². The van der Waals surface area contributed by atoms with Crippen LogP contribution in [0.3, 0.4) is 0 Å². The first-order valence-electron chi connectivity index (χ1n) is 7.24. The molecule has 0 aromatic carbocycles. The second kappa shape index (κ2) is 6.57. The molecule has 1 aromatic rings. The van der Waals surface area contributed by atoms with Gasteiger partial charge in [-0.3, -0.25) is 4.90 Å². The van der Waals surface area contributed by atoms with Crippen LogP contribution in [0.5, 0.6) is 0 Å².